The molecule has 1 amide bonds. The molecule has 1 aromatic carbocycles. The molecule has 3 aliphatic rings. The number of ether oxygens (including phenoxy) is 1. The van der Waals surface area contributed by atoms with Crippen LogP contribution in [0.25, 0.3) is 0 Å². The molecule has 0 bridgehead atoms. The summed E-state index contributed by atoms with van der Waals surface area (Å²) in [4.78, 5) is 16.3. The smallest absolute Gasteiger partial charge is 0.226 e. The number of benzene rings is 1. The second-order valence-corrected chi connectivity index (χ2v) is 6.86. The largest absolute Gasteiger partial charge is 0.492 e. The summed E-state index contributed by atoms with van der Waals surface area (Å²) in [6, 6.07) is 8.61. The van der Waals surface area contributed by atoms with E-state index in [2.05, 4.69) is 4.90 Å². The molecule has 1 aromatic rings. The number of nitrogens with zero attached hydrogens (tertiary/aromatic N) is 2. The summed E-state index contributed by atoms with van der Waals surface area (Å²) in [7, 11) is 0. The van der Waals surface area contributed by atoms with Gasteiger partial charge in [0.2, 0.25) is 5.91 Å². The third-order valence-corrected chi connectivity index (χ3v) is 4.93. The van der Waals surface area contributed by atoms with Crippen LogP contribution < -0.4 is 9.64 Å². The van der Waals surface area contributed by atoms with Gasteiger partial charge in [0.1, 0.15) is 12.4 Å². The van der Waals surface area contributed by atoms with Crippen molar-refractivity contribution in [2.75, 3.05) is 31.1 Å². The molecule has 2 heterocycles. The monoisotopic (exact) mass is 300 g/mol. The number of hydrogen-bond acceptors (Lipinski definition) is 3. The van der Waals surface area contributed by atoms with Gasteiger partial charge < -0.3 is 9.64 Å². The fraction of sp³-hybridized carbons (Fsp3) is 0.611. The van der Waals surface area contributed by atoms with Crippen LogP contribution >= 0.6 is 0 Å². The van der Waals surface area contributed by atoms with E-state index in [0.29, 0.717) is 12.5 Å². The van der Waals surface area contributed by atoms with Crippen LogP contribution in [0.3, 0.4) is 0 Å². The molecule has 0 N–H and O–H groups in total. The number of piperidine rings is 1. The molecule has 4 rings (SSSR count). The van der Waals surface area contributed by atoms with E-state index in [1.807, 2.05) is 29.2 Å². The molecule has 1 aliphatic carbocycles. The minimum atomic E-state index is 0.244. The summed E-state index contributed by atoms with van der Waals surface area (Å²) in [5.41, 5.74) is 0.999. The maximum Gasteiger partial charge on any atom is 0.226 e. The fourth-order valence-corrected chi connectivity index (χ4v) is 3.23. The van der Waals surface area contributed by atoms with Crippen molar-refractivity contribution in [3.05, 3.63) is 24.3 Å². The molecule has 2 atom stereocenters. The summed E-state index contributed by atoms with van der Waals surface area (Å²) < 4.78 is 5.89. The van der Waals surface area contributed by atoms with Crippen LogP contribution in [0, 0.1) is 5.92 Å². The predicted molar refractivity (Wildman–Crippen MR) is 86.2 cm³/mol. The van der Waals surface area contributed by atoms with Crippen molar-refractivity contribution in [3.63, 3.8) is 0 Å². The Hall–Kier alpha value is -1.55. The van der Waals surface area contributed by atoms with Gasteiger partial charge in [-0.05, 0) is 55.9 Å². The molecule has 1 saturated carbocycles. The Kier molecular flexibility index (Phi) is 3.78. The Labute approximate surface area is 132 Å². The number of carbonyl (C=O) groups is 1. The fourth-order valence-electron chi connectivity index (χ4n) is 3.23. The zero-order chi connectivity index (χ0) is 14.9. The lowest BCUT2D eigenvalue weighted by molar-refractivity contribution is -0.119. The van der Waals surface area contributed by atoms with Crippen molar-refractivity contribution in [1.82, 2.24) is 4.90 Å². The maximum absolute atomic E-state index is 11.9. The van der Waals surface area contributed by atoms with Crippen molar-refractivity contribution in [3.8, 4) is 5.75 Å². The highest BCUT2D eigenvalue weighted by Gasteiger charge is 2.38. The van der Waals surface area contributed by atoms with Gasteiger partial charge in [0.25, 0.3) is 0 Å². The summed E-state index contributed by atoms with van der Waals surface area (Å²) in [5, 5.41) is 0. The first-order chi connectivity index (χ1) is 10.8. The van der Waals surface area contributed by atoms with Gasteiger partial charge in [-0.2, -0.15) is 0 Å². The van der Waals surface area contributed by atoms with Gasteiger partial charge in [0, 0.05) is 31.7 Å². The average molecular weight is 300 g/mol. The third kappa shape index (κ3) is 3.27. The zero-order valence-electron chi connectivity index (χ0n) is 13.0. The van der Waals surface area contributed by atoms with E-state index in [-0.39, 0.29) is 5.91 Å². The predicted octanol–water partition coefficient (Wildman–Crippen LogP) is 2.68. The molecule has 22 heavy (non-hydrogen) atoms. The molecule has 0 aromatic heterocycles. The summed E-state index contributed by atoms with van der Waals surface area (Å²) in [5.74, 6) is 2.12. The number of rotatable bonds is 6. The minimum Gasteiger partial charge on any atom is -0.492 e. The van der Waals surface area contributed by atoms with E-state index >= 15 is 0 Å². The molecule has 118 valence electrons. The Bertz CT molecular complexity index is 539. The second-order valence-electron chi connectivity index (χ2n) is 6.86. The molecule has 2 saturated heterocycles. The van der Waals surface area contributed by atoms with Crippen LogP contribution in [-0.2, 0) is 4.79 Å². The number of amides is 1. The van der Waals surface area contributed by atoms with Gasteiger partial charge in [-0.3, -0.25) is 9.69 Å². The highest BCUT2D eigenvalue weighted by molar-refractivity contribution is 5.93. The molecular formula is C18H24N2O2. The molecule has 2 aliphatic heterocycles. The summed E-state index contributed by atoms with van der Waals surface area (Å²) in [6.45, 7) is 4.09. The average Bonchev–Trinajstić information content (AvgIpc) is 3.46. The molecule has 0 spiro atoms. The van der Waals surface area contributed by atoms with E-state index in [1.165, 1.54) is 25.9 Å². The lowest BCUT2D eigenvalue weighted by atomic mass is 10.1. The van der Waals surface area contributed by atoms with Gasteiger partial charge in [0.15, 0.2) is 0 Å². The molecule has 4 nitrogen and oxygen atoms in total. The standard InChI is InChI=1S/C18H24N2O2/c21-18-3-1-2-10-20(18)15-6-8-17(9-7-15)22-13-16-12-19(16)11-14-4-5-14/h6-9,14,16H,1-5,10-13H2. The van der Waals surface area contributed by atoms with E-state index in [9.17, 15) is 4.79 Å². The quantitative estimate of drug-likeness (QED) is 0.757. The molecule has 2 unspecified atom stereocenters. The lowest BCUT2D eigenvalue weighted by Crippen LogP contribution is -2.35. The summed E-state index contributed by atoms with van der Waals surface area (Å²) >= 11 is 0. The molecular weight excluding hydrogens is 276 g/mol. The Morgan fingerprint density at radius 1 is 1.14 bits per heavy atom. The number of carbonyl (C=O) groups excluding carboxylic acids is 1. The van der Waals surface area contributed by atoms with Gasteiger partial charge >= 0.3 is 0 Å². The first kappa shape index (κ1) is 14.1. The van der Waals surface area contributed by atoms with Crippen molar-refractivity contribution in [2.24, 2.45) is 5.92 Å². The van der Waals surface area contributed by atoms with E-state index in [0.717, 1.165) is 43.3 Å². The van der Waals surface area contributed by atoms with Crippen molar-refractivity contribution in [2.45, 2.75) is 38.1 Å². The van der Waals surface area contributed by atoms with Crippen LogP contribution in [0.4, 0.5) is 5.69 Å². The van der Waals surface area contributed by atoms with Crippen molar-refractivity contribution < 1.29 is 9.53 Å². The topological polar surface area (TPSA) is 32.6 Å². The Balaban J connectivity index is 1.27. The van der Waals surface area contributed by atoms with Crippen LogP contribution in [0.5, 0.6) is 5.75 Å². The number of anilines is 1. The van der Waals surface area contributed by atoms with Crippen LogP contribution in [0.2, 0.25) is 0 Å². The molecule has 3 fully saturated rings. The molecule has 4 heteroatoms. The van der Waals surface area contributed by atoms with Gasteiger partial charge in [-0.15, -0.1) is 0 Å². The van der Waals surface area contributed by atoms with Gasteiger partial charge in [-0.1, -0.05) is 0 Å². The highest BCUT2D eigenvalue weighted by atomic mass is 16.5. The van der Waals surface area contributed by atoms with Crippen LogP contribution in [-0.4, -0.2) is 43.1 Å². The van der Waals surface area contributed by atoms with E-state index in [4.69, 9.17) is 4.74 Å². The van der Waals surface area contributed by atoms with Crippen LogP contribution in [0.1, 0.15) is 32.1 Å². The van der Waals surface area contributed by atoms with Crippen LogP contribution in [0.15, 0.2) is 24.3 Å². The van der Waals surface area contributed by atoms with Gasteiger partial charge in [-0.25, -0.2) is 0 Å². The second kappa shape index (κ2) is 5.92. The maximum atomic E-state index is 11.9. The normalized spacial score (nSPS) is 27.8. The first-order valence-corrected chi connectivity index (χ1v) is 8.57. The molecule has 0 radical (unpaired) electrons. The summed E-state index contributed by atoms with van der Waals surface area (Å²) in [6.07, 6.45) is 5.63. The van der Waals surface area contributed by atoms with Gasteiger partial charge in [0.05, 0.1) is 6.04 Å². The Morgan fingerprint density at radius 2 is 1.95 bits per heavy atom. The number of hydrogen-bond donors (Lipinski definition) is 0. The first-order valence-electron chi connectivity index (χ1n) is 8.57. The zero-order valence-corrected chi connectivity index (χ0v) is 13.0. The van der Waals surface area contributed by atoms with Crippen molar-refractivity contribution >= 4 is 11.6 Å². The van der Waals surface area contributed by atoms with E-state index in [1.54, 1.807) is 0 Å². The SMILES string of the molecule is O=C1CCCCN1c1ccc(OCC2CN2CC2CC2)cc1. The van der Waals surface area contributed by atoms with E-state index < -0.39 is 0 Å². The minimum absolute atomic E-state index is 0.244. The Morgan fingerprint density at radius 3 is 2.68 bits per heavy atom. The van der Waals surface area contributed by atoms with Crippen molar-refractivity contribution in [1.29, 1.82) is 0 Å². The highest BCUT2D eigenvalue weighted by Crippen LogP contribution is 2.33. The lowest BCUT2D eigenvalue weighted by Gasteiger charge is -2.26. The third-order valence-electron chi connectivity index (χ3n) is 4.93.